The maximum Gasteiger partial charge on any atom is 0.0992 e. The van der Waals surface area contributed by atoms with Crippen LogP contribution in [0.3, 0.4) is 0 Å². The van der Waals surface area contributed by atoms with Crippen LogP contribution in [0.2, 0.25) is 0 Å². The van der Waals surface area contributed by atoms with E-state index < -0.39 is 6.10 Å². The molecular formula is C16H22N2O2. The third-order valence-corrected chi connectivity index (χ3v) is 4.01. The summed E-state index contributed by atoms with van der Waals surface area (Å²) in [5.41, 5.74) is 2.30. The monoisotopic (exact) mass is 274 g/mol. The normalized spacial score (nSPS) is 21.1. The molecule has 2 unspecified atom stereocenters. The quantitative estimate of drug-likeness (QED) is 0.888. The van der Waals surface area contributed by atoms with Crippen molar-refractivity contribution in [3.63, 3.8) is 0 Å². The Balaban J connectivity index is 2.44. The largest absolute Gasteiger partial charge is 0.394 e. The number of nitrogens with zero attached hydrogens (tertiary/aromatic N) is 2. The number of hydrogen-bond acceptors (Lipinski definition) is 4. The zero-order valence-corrected chi connectivity index (χ0v) is 11.9. The Morgan fingerprint density at radius 1 is 1.40 bits per heavy atom. The number of hydrogen-bond donors (Lipinski definition) is 2. The first-order valence-corrected chi connectivity index (χ1v) is 7.27. The van der Waals surface area contributed by atoms with E-state index in [-0.39, 0.29) is 12.6 Å². The van der Waals surface area contributed by atoms with Crippen LogP contribution in [0.15, 0.2) is 18.2 Å². The van der Waals surface area contributed by atoms with Gasteiger partial charge in [-0.25, -0.2) is 0 Å². The average molecular weight is 274 g/mol. The number of aliphatic hydroxyl groups is 2. The molecular weight excluding hydrogens is 252 g/mol. The lowest BCUT2D eigenvalue weighted by molar-refractivity contribution is 0.199. The number of benzene rings is 1. The van der Waals surface area contributed by atoms with Gasteiger partial charge >= 0.3 is 0 Å². The Labute approximate surface area is 120 Å². The van der Waals surface area contributed by atoms with Gasteiger partial charge in [-0.1, -0.05) is 18.9 Å². The molecule has 4 heteroatoms. The standard InChI is InChI=1S/C16H22N2O2/c1-12(20)15-7-6-13(10-17)9-16(15)18-8-4-2-3-5-14(18)11-19/h6-7,9,12,14,19-20H,2-5,8,11H2,1H3. The molecule has 2 atom stereocenters. The Kier molecular flexibility index (Phi) is 4.99. The van der Waals surface area contributed by atoms with Crippen molar-refractivity contribution in [2.75, 3.05) is 18.1 Å². The highest BCUT2D eigenvalue weighted by molar-refractivity contribution is 5.59. The molecule has 0 aliphatic carbocycles. The highest BCUT2D eigenvalue weighted by Gasteiger charge is 2.24. The molecule has 2 rings (SSSR count). The molecule has 0 radical (unpaired) electrons. The fourth-order valence-electron chi connectivity index (χ4n) is 2.90. The molecule has 1 aromatic rings. The summed E-state index contributed by atoms with van der Waals surface area (Å²) in [7, 11) is 0. The summed E-state index contributed by atoms with van der Waals surface area (Å²) < 4.78 is 0. The van der Waals surface area contributed by atoms with Gasteiger partial charge in [0.15, 0.2) is 0 Å². The van der Waals surface area contributed by atoms with Gasteiger partial charge in [0.25, 0.3) is 0 Å². The van der Waals surface area contributed by atoms with E-state index in [0.29, 0.717) is 5.56 Å². The minimum Gasteiger partial charge on any atom is -0.394 e. The Bertz CT molecular complexity index is 494. The maximum absolute atomic E-state index is 9.96. The molecule has 1 aliphatic heterocycles. The third kappa shape index (κ3) is 3.12. The van der Waals surface area contributed by atoms with E-state index in [2.05, 4.69) is 11.0 Å². The summed E-state index contributed by atoms with van der Waals surface area (Å²) in [6.45, 7) is 2.70. The van der Waals surface area contributed by atoms with Crippen LogP contribution >= 0.6 is 0 Å². The van der Waals surface area contributed by atoms with Gasteiger partial charge in [0, 0.05) is 17.8 Å². The smallest absolute Gasteiger partial charge is 0.0992 e. The van der Waals surface area contributed by atoms with E-state index >= 15 is 0 Å². The lowest BCUT2D eigenvalue weighted by Crippen LogP contribution is -2.38. The zero-order valence-electron chi connectivity index (χ0n) is 11.9. The molecule has 2 N–H and O–H groups in total. The summed E-state index contributed by atoms with van der Waals surface area (Å²) >= 11 is 0. The predicted octanol–water partition coefficient (Wildman–Crippen LogP) is 2.35. The lowest BCUT2D eigenvalue weighted by atomic mass is 10.0. The third-order valence-electron chi connectivity index (χ3n) is 4.01. The molecule has 1 aliphatic rings. The predicted molar refractivity (Wildman–Crippen MR) is 78.5 cm³/mol. The Morgan fingerprint density at radius 3 is 2.85 bits per heavy atom. The highest BCUT2D eigenvalue weighted by Crippen LogP contribution is 2.31. The van der Waals surface area contributed by atoms with Crippen LogP contribution in [0, 0.1) is 11.3 Å². The van der Waals surface area contributed by atoms with Gasteiger partial charge in [-0.3, -0.25) is 0 Å². The minimum absolute atomic E-state index is 0.0731. The van der Waals surface area contributed by atoms with Crippen LogP contribution in [0.1, 0.15) is 49.8 Å². The second-order valence-corrected chi connectivity index (χ2v) is 5.44. The van der Waals surface area contributed by atoms with E-state index in [1.165, 1.54) is 0 Å². The number of anilines is 1. The average Bonchev–Trinajstić information content (AvgIpc) is 2.71. The highest BCUT2D eigenvalue weighted by atomic mass is 16.3. The van der Waals surface area contributed by atoms with Crippen LogP contribution in [-0.4, -0.2) is 29.4 Å². The number of nitriles is 1. The molecule has 20 heavy (non-hydrogen) atoms. The SMILES string of the molecule is CC(O)c1ccc(C#N)cc1N1CCCCCC1CO. The molecule has 0 saturated carbocycles. The molecule has 1 fully saturated rings. The first-order valence-electron chi connectivity index (χ1n) is 7.27. The van der Waals surface area contributed by atoms with Crippen molar-refractivity contribution in [3.8, 4) is 6.07 Å². The molecule has 1 heterocycles. The van der Waals surface area contributed by atoms with E-state index in [4.69, 9.17) is 5.26 Å². The summed E-state index contributed by atoms with van der Waals surface area (Å²) in [4.78, 5) is 2.16. The molecule has 4 nitrogen and oxygen atoms in total. The second kappa shape index (κ2) is 6.74. The molecule has 0 amide bonds. The fraction of sp³-hybridized carbons (Fsp3) is 0.562. The van der Waals surface area contributed by atoms with Crippen LogP contribution < -0.4 is 4.90 Å². The van der Waals surface area contributed by atoms with E-state index in [1.54, 1.807) is 13.0 Å². The van der Waals surface area contributed by atoms with Crippen LogP contribution in [0.25, 0.3) is 0 Å². The summed E-state index contributed by atoms with van der Waals surface area (Å²) in [6.07, 6.45) is 3.72. The van der Waals surface area contributed by atoms with Gasteiger partial charge in [-0.15, -0.1) is 0 Å². The molecule has 1 saturated heterocycles. The van der Waals surface area contributed by atoms with Gasteiger partial charge in [0.1, 0.15) is 0 Å². The van der Waals surface area contributed by atoms with Gasteiger partial charge < -0.3 is 15.1 Å². The first kappa shape index (κ1) is 14.8. The molecule has 0 bridgehead atoms. The van der Waals surface area contributed by atoms with Crippen molar-refractivity contribution in [2.24, 2.45) is 0 Å². The van der Waals surface area contributed by atoms with Gasteiger partial charge in [-0.2, -0.15) is 5.26 Å². The van der Waals surface area contributed by atoms with Crippen LogP contribution in [-0.2, 0) is 0 Å². The van der Waals surface area contributed by atoms with Crippen LogP contribution in [0.4, 0.5) is 5.69 Å². The first-order chi connectivity index (χ1) is 9.67. The summed E-state index contributed by atoms with van der Waals surface area (Å²) in [6, 6.07) is 7.60. The zero-order chi connectivity index (χ0) is 14.5. The van der Waals surface area contributed by atoms with Crippen molar-refractivity contribution in [1.29, 1.82) is 5.26 Å². The lowest BCUT2D eigenvalue weighted by Gasteiger charge is -2.33. The van der Waals surface area contributed by atoms with Crippen molar-refractivity contribution >= 4 is 5.69 Å². The Hall–Kier alpha value is -1.57. The van der Waals surface area contributed by atoms with Gasteiger partial charge in [0.05, 0.1) is 30.4 Å². The topological polar surface area (TPSA) is 67.5 Å². The van der Waals surface area contributed by atoms with E-state index in [9.17, 15) is 10.2 Å². The number of rotatable bonds is 3. The van der Waals surface area contributed by atoms with Crippen molar-refractivity contribution < 1.29 is 10.2 Å². The van der Waals surface area contributed by atoms with Crippen LogP contribution in [0.5, 0.6) is 0 Å². The molecule has 0 aromatic heterocycles. The molecule has 0 spiro atoms. The van der Waals surface area contributed by atoms with Gasteiger partial charge in [-0.05, 0) is 31.9 Å². The van der Waals surface area contributed by atoms with E-state index in [0.717, 1.165) is 43.5 Å². The molecule has 108 valence electrons. The second-order valence-electron chi connectivity index (χ2n) is 5.44. The van der Waals surface area contributed by atoms with Gasteiger partial charge in [0.2, 0.25) is 0 Å². The summed E-state index contributed by atoms with van der Waals surface area (Å²) in [5, 5.41) is 28.7. The Morgan fingerprint density at radius 2 is 2.20 bits per heavy atom. The van der Waals surface area contributed by atoms with Crippen molar-refractivity contribution in [3.05, 3.63) is 29.3 Å². The molecule has 1 aromatic carbocycles. The minimum atomic E-state index is -0.583. The maximum atomic E-state index is 9.96. The number of aliphatic hydroxyl groups excluding tert-OH is 2. The van der Waals surface area contributed by atoms with Crippen molar-refractivity contribution in [2.45, 2.75) is 44.8 Å². The summed E-state index contributed by atoms with van der Waals surface area (Å²) in [5.74, 6) is 0. The van der Waals surface area contributed by atoms with E-state index in [1.807, 2.05) is 12.1 Å². The fourth-order valence-corrected chi connectivity index (χ4v) is 2.90. The van der Waals surface area contributed by atoms with Crippen molar-refractivity contribution in [1.82, 2.24) is 0 Å².